The summed E-state index contributed by atoms with van der Waals surface area (Å²) in [4.78, 5) is 15.4. The Morgan fingerprint density at radius 2 is 2.12 bits per heavy atom. The standard InChI is InChI=1S/C12H11NO2S/c1-15-12(14)10-8-16-11(13-10)7-9-5-3-2-4-6-9/h2-6,8H,7H2,1H3. The predicted octanol–water partition coefficient (Wildman–Crippen LogP) is 2.52. The van der Waals surface area contributed by atoms with Crippen molar-refractivity contribution in [2.75, 3.05) is 7.11 Å². The van der Waals surface area contributed by atoms with Crippen molar-refractivity contribution >= 4 is 17.3 Å². The molecule has 0 amide bonds. The third kappa shape index (κ3) is 2.46. The number of rotatable bonds is 3. The van der Waals surface area contributed by atoms with Crippen LogP contribution in [0.5, 0.6) is 0 Å². The number of hydrogen-bond acceptors (Lipinski definition) is 4. The highest BCUT2D eigenvalue weighted by atomic mass is 32.1. The van der Waals surface area contributed by atoms with E-state index in [0.717, 1.165) is 11.4 Å². The van der Waals surface area contributed by atoms with Gasteiger partial charge in [0.05, 0.1) is 12.1 Å². The molecular weight excluding hydrogens is 222 g/mol. The van der Waals surface area contributed by atoms with Gasteiger partial charge < -0.3 is 4.74 Å². The molecule has 1 aromatic carbocycles. The molecule has 1 heterocycles. The van der Waals surface area contributed by atoms with Gasteiger partial charge in [0.2, 0.25) is 0 Å². The summed E-state index contributed by atoms with van der Waals surface area (Å²) in [7, 11) is 1.36. The van der Waals surface area contributed by atoms with Gasteiger partial charge in [-0.05, 0) is 5.56 Å². The maximum absolute atomic E-state index is 11.2. The minimum Gasteiger partial charge on any atom is -0.464 e. The molecule has 0 fully saturated rings. The molecule has 0 saturated carbocycles. The molecule has 0 aliphatic carbocycles. The molecule has 3 nitrogen and oxygen atoms in total. The zero-order chi connectivity index (χ0) is 11.4. The first kappa shape index (κ1) is 10.8. The Morgan fingerprint density at radius 3 is 2.81 bits per heavy atom. The maximum atomic E-state index is 11.2. The molecule has 0 radical (unpaired) electrons. The molecular formula is C12H11NO2S. The van der Waals surface area contributed by atoms with E-state index in [0.29, 0.717) is 5.69 Å². The van der Waals surface area contributed by atoms with Crippen molar-refractivity contribution in [1.29, 1.82) is 0 Å². The summed E-state index contributed by atoms with van der Waals surface area (Å²) in [6.45, 7) is 0. The van der Waals surface area contributed by atoms with Crippen molar-refractivity contribution in [2.24, 2.45) is 0 Å². The largest absolute Gasteiger partial charge is 0.464 e. The van der Waals surface area contributed by atoms with E-state index in [9.17, 15) is 4.79 Å². The number of benzene rings is 1. The summed E-state index contributed by atoms with van der Waals surface area (Å²) in [5.74, 6) is -0.379. The molecule has 0 aliphatic rings. The van der Waals surface area contributed by atoms with Crippen LogP contribution in [0.3, 0.4) is 0 Å². The van der Waals surface area contributed by atoms with Gasteiger partial charge in [-0.25, -0.2) is 9.78 Å². The maximum Gasteiger partial charge on any atom is 0.357 e. The fraction of sp³-hybridized carbons (Fsp3) is 0.167. The lowest BCUT2D eigenvalue weighted by molar-refractivity contribution is 0.0594. The van der Waals surface area contributed by atoms with Gasteiger partial charge in [0, 0.05) is 11.8 Å². The molecule has 2 rings (SSSR count). The molecule has 0 N–H and O–H groups in total. The number of carbonyl (C=O) groups excluding carboxylic acids is 1. The number of aromatic nitrogens is 1. The molecule has 4 heteroatoms. The second-order valence-corrected chi connectivity index (χ2v) is 4.22. The highest BCUT2D eigenvalue weighted by molar-refractivity contribution is 7.09. The molecule has 0 unspecified atom stereocenters. The molecule has 82 valence electrons. The van der Waals surface area contributed by atoms with Crippen LogP contribution in [0, 0.1) is 0 Å². The molecule has 2 aromatic rings. The van der Waals surface area contributed by atoms with E-state index in [1.165, 1.54) is 24.0 Å². The molecule has 0 saturated heterocycles. The molecule has 16 heavy (non-hydrogen) atoms. The fourth-order valence-electron chi connectivity index (χ4n) is 1.36. The predicted molar refractivity (Wildman–Crippen MR) is 62.7 cm³/mol. The van der Waals surface area contributed by atoms with Crippen LogP contribution in [0.25, 0.3) is 0 Å². The normalized spacial score (nSPS) is 10.1. The third-order valence-corrected chi connectivity index (χ3v) is 2.99. The number of methoxy groups -OCH3 is 1. The first-order chi connectivity index (χ1) is 7.79. The zero-order valence-electron chi connectivity index (χ0n) is 8.84. The van der Waals surface area contributed by atoms with Crippen LogP contribution in [0.2, 0.25) is 0 Å². The monoisotopic (exact) mass is 233 g/mol. The van der Waals surface area contributed by atoms with E-state index < -0.39 is 0 Å². The third-order valence-electron chi connectivity index (χ3n) is 2.14. The van der Waals surface area contributed by atoms with Crippen LogP contribution in [-0.2, 0) is 11.2 Å². The zero-order valence-corrected chi connectivity index (χ0v) is 9.66. The van der Waals surface area contributed by atoms with Gasteiger partial charge in [-0.2, -0.15) is 0 Å². The van der Waals surface area contributed by atoms with Crippen LogP contribution >= 0.6 is 11.3 Å². The van der Waals surface area contributed by atoms with Crippen molar-refractivity contribution in [2.45, 2.75) is 6.42 Å². The Balaban J connectivity index is 2.12. The summed E-state index contributed by atoms with van der Waals surface area (Å²) in [6, 6.07) is 10.0. The number of esters is 1. The van der Waals surface area contributed by atoms with Gasteiger partial charge in [-0.1, -0.05) is 30.3 Å². The van der Waals surface area contributed by atoms with E-state index in [1.807, 2.05) is 30.3 Å². The second kappa shape index (κ2) is 4.90. The van der Waals surface area contributed by atoms with Crippen molar-refractivity contribution < 1.29 is 9.53 Å². The smallest absolute Gasteiger partial charge is 0.357 e. The minimum absolute atomic E-state index is 0.379. The van der Waals surface area contributed by atoms with E-state index in [2.05, 4.69) is 9.72 Å². The SMILES string of the molecule is COC(=O)c1csc(Cc2ccccc2)n1. The summed E-state index contributed by atoms with van der Waals surface area (Å²) in [5, 5.41) is 2.65. The molecule has 0 atom stereocenters. The highest BCUT2D eigenvalue weighted by Gasteiger charge is 2.10. The van der Waals surface area contributed by atoms with E-state index in [1.54, 1.807) is 5.38 Å². The molecule has 0 aliphatic heterocycles. The summed E-state index contributed by atoms with van der Waals surface area (Å²) < 4.78 is 4.61. The Kier molecular flexibility index (Phi) is 3.31. The van der Waals surface area contributed by atoms with Crippen LogP contribution < -0.4 is 0 Å². The van der Waals surface area contributed by atoms with Gasteiger partial charge in [-0.15, -0.1) is 11.3 Å². The average Bonchev–Trinajstić information content (AvgIpc) is 2.78. The quantitative estimate of drug-likeness (QED) is 0.765. The molecule has 0 bridgehead atoms. The number of hydrogen-bond donors (Lipinski definition) is 0. The lowest BCUT2D eigenvalue weighted by Gasteiger charge is -1.96. The van der Waals surface area contributed by atoms with Crippen molar-refractivity contribution in [1.82, 2.24) is 4.98 Å². The fourth-order valence-corrected chi connectivity index (χ4v) is 2.16. The van der Waals surface area contributed by atoms with Crippen molar-refractivity contribution in [3.63, 3.8) is 0 Å². The van der Waals surface area contributed by atoms with E-state index in [-0.39, 0.29) is 5.97 Å². The Labute approximate surface area is 97.7 Å². The van der Waals surface area contributed by atoms with Crippen LogP contribution in [-0.4, -0.2) is 18.1 Å². The highest BCUT2D eigenvalue weighted by Crippen LogP contribution is 2.15. The van der Waals surface area contributed by atoms with Gasteiger partial charge >= 0.3 is 5.97 Å². The van der Waals surface area contributed by atoms with Gasteiger partial charge in [0.1, 0.15) is 0 Å². The second-order valence-electron chi connectivity index (χ2n) is 3.28. The first-order valence-corrected chi connectivity index (χ1v) is 5.74. The summed E-state index contributed by atoms with van der Waals surface area (Å²) >= 11 is 1.48. The molecule has 1 aromatic heterocycles. The van der Waals surface area contributed by atoms with E-state index in [4.69, 9.17) is 0 Å². The Morgan fingerprint density at radius 1 is 1.38 bits per heavy atom. The van der Waals surface area contributed by atoms with Crippen LogP contribution in [0.4, 0.5) is 0 Å². The van der Waals surface area contributed by atoms with Crippen molar-refractivity contribution in [3.8, 4) is 0 Å². The van der Waals surface area contributed by atoms with Crippen molar-refractivity contribution in [3.05, 3.63) is 52.0 Å². The van der Waals surface area contributed by atoms with Gasteiger partial charge in [0.15, 0.2) is 5.69 Å². The summed E-state index contributed by atoms with van der Waals surface area (Å²) in [5.41, 5.74) is 1.58. The lowest BCUT2D eigenvalue weighted by atomic mass is 10.2. The van der Waals surface area contributed by atoms with Gasteiger partial charge in [-0.3, -0.25) is 0 Å². The van der Waals surface area contributed by atoms with E-state index >= 15 is 0 Å². The minimum atomic E-state index is -0.379. The average molecular weight is 233 g/mol. The number of thiazole rings is 1. The van der Waals surface area contributed by atoms with Gasteiger partial charge in [0.25, 0.3) is 0 Å². The Hall–Kier alpha value is -1.68. The van der Waals surface area contributed by atoms with Crippen LogP contribution in [0.1, 0.15) is 21.1 Å². The number of ether oxygens (including phenoxy) is 1. The topological polar surface area (TPSA) is 39.2 Å². The summed E-state index contributed by atoms with van der Waals surface area (Å²) in [6.07, 6.45) is 0.752. The molecule has 0 spiro atoms. The number of nitrogens with zero attached hydrogens (tertiary/aromatic N) is 1. The Bertz CT molecular complexity index is 479. The van der Waals surface area contributed by atoms with Crippen LogP contribution in [0.15, 0.2) is 35.7 Å². The lowest BCUT2D eigenvalue weighted by Crippen LogP contribution is -2.01. The number of carbonyl (C=O) groups is 1. The first-order valence-electron chi connectivity index (χ1n) is 4.86.